The molecular formula is C102H110O21. The van der Waals surface area contributed by atoms with Crippen molar-refractivity contribution in [3.8, 4) is 0 Å². The lowest BCUT2D eigenvalue weighted by Crippen LogP contribution is -2.67. The van der Waals surface area contributed by atoms with Crippen LogP contribution >= 0.6 is 0 Å². The molecule has 644 valence electrons. The first-order chi connectivity index (χ1) is 60.8. The molecule has 0 aromatic heterocycles. The van der Waals surface area contributed by atoms with E-state index in [0.717, 1.165) is 61.2 Å². The van der Waals surface area contributed by atoms with Crippen molar-refractivity contribution in [1.29, 1.82) is 0 Å². The normalized spacial score (nSPS) is 26.5. The highest BCUT2D eigenvalue weighted by Crippen LogP contribution is 2.40. The van der Waals surface area contributed by atoms with Gasteiger partial charge in [-0.05, 0) is 61.2 Å². The molecule has 0 bridgehead atoms. The van der Waals surface area contributed by atoms with Gasteiger partial charge in [-0.15, -0.1) is 0 Å². The predicted molar refractivity (Wildman–Crippen MR) is 458 cm³/mol. The van der Waals surface area contributed by atoms with Crippen LogP contribution < -0.4 is 0 Å². The number of ether oxygens (including phenoxy) is 19. The third-order valence-corrected chi connectivity index (χ3v) is 22.2. The molecule has 4 saturated heterocycles. The second-order valence-electron chi connectivity index (χ2n) is 31.0. The number of hydrogen-bond acceptors (Lipinski definition) is 21. The second kappa shape index (κ2) is 47.1. The van der Waals surface area contributed by atoms with Gasteiger partial charge in [0.15, 0.2) is 25.2 Å². The number of rotatable bonds is 44. The zero-order valence-corrected chi connectivity index (χ0v) is 69.1. The van der Waals surface area contributed by atoms with Gasteiger partial charge < -0.3 is 100 Å². The third kappa shape index (κ3) is 25.4. The zero-order valence-electron chi connectivity index (χ0n) is 69.1. The van der Waals surface area contributed by atoms with Crippen LogP contribution in [0.1, 0.15) is 61.2 Å². The summed E-state index contributed by atoms with van der Waals surface area (Å²) in [6, 6.07) is 108. The molecule has 11 aromatic carbocycles. The van der Waals surface area contributed by atoms with E-state index in [-0.39, 0.29) is 92.5 Å². The number of aliphatic hydroxyl groups is 2. The van der Waals surface area contributed by atoms with Crippen molar-refractivity contribution < 1.29 is 100 Å². The van der Waals surface area contributed by atoms with Crippen molar-refractivity contribution in [2.75, 3.05) is 33.5 Å². The topological polar surface area (TPSA) is 216 Å². The molecule has 20 atom stereocenters. The van der Waals surface area contributed by atoms with E-state index in [9.17, 15) is 10.2 Å². The van der Waals surface area contributed by atoms with Gasteiger partial charge in [0.05, 0.1) is 99.1 Å². The second-order valence-corrected chi connectivity index (χ2v) is 31.0. The zero-order chi connectivity index (χ0) is 83.8. The van der Waals surface area contributed by atoms with Gasteiger partial charge in [0.2, 0.25) is 0 Å². The summed E-state index contributed by atoms with van der Waals surface area (Å²) in [7, 11) is 1.56. The molecular weight excluding hydrogens is 1560 g/mol. The van der Waals surface area contributed by atoms with Crippen molar-refractivity contribution in [3.05, 3.63) is 395 Å². The first-order valence-corrected chi connectivity index (χ1v) is 42.3. The Kier molecular flexibility index (Phi) is 33.8. The Labute approximate surface area is 720 Å². The van der Waals surface area contributed by atoms with Crippen molar-refractivity contribution in [1.82, 2.24) is 0 Å². The quantitative estimate of drug-likeness (QED) is 0.0363. The molecule has 123 heavy (non-hydrogen) atoms. The first-order valence-electron chi connectivity index (χ1n) is 42.3. The van der Waals surface area contributed by atoms with Crippen LogP contribution in [0.15, 0.2) is 334 Å². The highest BCUT2D eigenvalue weighted by molar-refractivity contribution is 5.23. The Balaban J connectivity index is 0.832. The SMILES string of the molecule is CO[C@H]1O[C@H](CO[C@@H]2O[C@H](CO[C@@H]3O[C@H](CO)[C@@H](OCc4ccccc4)[C@H](OCc4ccccc4)[C@H]3OCc3ccccc3)[C@@H](OCc3ccccc3)[C@H](O[C@@H]3O[C@H](COCc4ccccc4)[C@@H](OCc4ccccc4)[C@H](OCc4ccccc4)[C@H]3OCc3ccccc3)[C@H]2O)[C@@H](OCc2ccccc2)[C@H](OCc2ccccc2)[C@H]1OCc1ccccc1. The first kappa shape index (κ1) is 88.4. The summed E-state index contributed by atoms with van der Waals surface area (Å²) in [4.78, 5) is 0. The minimum atomic E-state index is -1.74. The number of aliphatic hydroxyl groups excluding tert-OH is 2. The van der Waals surface area contributed by atoms with Gasteiger partial charge in [0.25, 0.3) is 0 Å². The van der Waals surface area contributed by atoms with E-state index in [1.54, 1.807) is 7.11 Å². The minimum Gasteiger partial charge on any atom is -0.394 e. The van der Waals surface area contributed by atoms with Crippen molar-refractivity contribution in [3.63, 3.8) is 0 Å². The highest BCUT2D eigenvalue weighted by atomic mass is 16.8. The molecule has 4 aliphatic rings. The fourth-order valence-electron chi connectivity index (χ4n) is 15.8. The molecule has 21 nitrogen and oxygen atoms in total. The largest absolute Gasteiger partial charge is 0.394 e. The predicted octanol–water partition coefficient (Wildman–Crippen LogP) is 15.4. The summed E-state index contributed by atoms with van der Waals surface area (Å²) < 4.78 is 135. The maximum absolute atomic E-state index is 14.0. The van der Waals surface area contributed by atoms with E-state index in [1.165, 1.54) is 0 Å². The smallest absolute Gasteiger partial charge is 0.187 e. The van der Waals surface area contributed by atoms with Crippen molar-refractivity contribution in [2.45, 2.75) is 195 Å². The van der Waals surface area contributed by atoms with Crippen LogP contribution in [-0.2, 0) is 163 Å². The third-order valence-electron chi connectivity index (χ3n) is 22.2. The lowest BCUT2D eigenvalue weighted by atomic mass is 9.95. The van der Waals surface area contributed by atoms with Gasteiger partial charge in [-0.2, -0.15) is 0 Å². The lowest BCUT2D eigenvalue weighted by Gasteiger charge is -2.50. The van der Waals surface area contributed by atoms with Crippen LogP contribution in [0.2, 0.25) is 0 Å². The van der Waals surface area contributed by atoms with Gasteiger partial charge in [0.1, 0.15) is 97.7 Å². The molecule has 0 spiro atoms. The molecule has 15 rings (SSSR count). The maximum atomic E-state index is 14.0. The molecule has 0 saturated carbocycles. The van der Waals surface area contributed by atoms with Gasteiger partial charge in [-0.25, -0.2) is 0 Å². The molecule has 4 fully saturated rings. The van der Waals surface area contributed by atoms with E-state index in [0.29, 0.717) is 0 Å². The summed E-state index contributed by atoms with van der Waals surface area (Å²) in [5, 5.41) is 25.7. The summed E-state index contributed by atoms with van der Waals surface area (Å²) in [5.41, 5.74) is 9.74. The molecule has 11 aromatic rings. The number of methoxy groups -OCH3 is 1. The summed E-state index contributed by atoms with van der Waals surface area (Å²) in [6.07, 6.45) is -22.7. The monoisotopic (exact) mass is 1670 g/mol. The Morgan fingerprint density at radius 1 is 0.211 bits per heavy atom. The lowest BCUT2D eigenvalue weighted by molar-refractivity contribution is -0.383. The van der Waals surface area contributed by atoms with E-state index in [2.05, 4.69) is 0 Å². The van der Waals surface area contributed by atoms with Crippen LogP contribution in [0.25, 0.3) is 0 Å². The van der Waals surface area contributed by atoms with Crippen LogP contribution in [0.4, 0.5) is 0 Å². The Morgan fingerprint density at radius 3 is 0.715 bits per heavy atom. The molecule has 4 heterocycles. The van der Waals surface area contributed by atoms with E-state index in [1.807, 2.05) is 334 Å². The van der Waals surface area contributed by atoms with Crippen LogP contribution in [0, 0.1) is 0 Å². The van der Waals surface area contributed by atoms with Crippen LogP contribution in [0.5, 0.6) is 0 Å². The number of hydrogen-bond donors (Lipinski definition) is 2. The van der Waals surface area contributed by atoms with E-state index < -0.39 is 129 Å². The highest BCUT2D eigenvalue weighted by Gasteiger charge is 2.57. The molecule has 0 unspecified atom stereocenters. The molecule has 0 amide bonds. The Bertz CT molecular complexity index is 4710. The molecule has 2 N–H and O–H groups in total. The Hall–Kier alpha value is -9.42. The van der Waals surface area contributed by atoms with Gasteiger partial charge in [0, 0.05) is 7.11 Å². The van der Waals surface area contributed by atoms with E-state index >= 15 is 0 Å². The summed E-state index contributed by atoms with van der Waals surface area (Å²) in [5.74, 6) is 0. The molecule has 21 heteroatoms. The standard InChI is InChI=1S/C102H110O21/c1-105-100-96(114-66-80-51-29-10-30-52-80)94(112-64-78-47-25-8-26-48-78)91(110-62-76-43-21-6-22-44-76)86(121-100)70-117-99-87(104)92(123-102-98(116-68-82-55-33-12-34-56-82)95(113-65-79-49-27-9-28-50-79)90(109-61-75-41-19-5-20-42-75)84(122-102)69-106-58-72-35-13-2-14-36-72)89(108-60-74-39-17-4-18-40-74)85(120-99)71-118-101-97(115-67-81-53-31-11-32-54-81)93(111-63-77-45-23-7-24-46-77)88(83(57-103)119-101)107-59-73-37-15-3-16-38-73/h2-56,83-104H,57-71H2,1H3/t83-,84-,85-,86-,87-,88-,89-,90-,91-,92-,93+,94+,95+,96-,97-,98-,99-,100+,101-,102+/m1/s1. The van der Waals surface area contributed by atoms with Crippen molar-refractivity contribution >= 4 is 0 Å². The van der Waals surface area contributed by atoms with Gasteiger partial charge in [-0.1, -0.05) is 334 Å². The van der Waals surface area contributed by atoms with Crippen molar-refractivity contribution in [2.24, 2.45) is 0 Å². The van der Waals surface area contributed by atoms with E-state index in [4.69, 9.17) is 90.0 Å². The molecule has 4 aliphatic heterocycles. The minimum absolute atomic E-state index is 0.0131. The average molecular weight is 1670 g/mol. The fraction of sp³-hybridized carbons (Fsp3) is 0.353. The maximum Gasteiger partial charge on any atom is 0.187 e. The fourth-order valence-corrected chi connectivity index (χ4v) is 15.8. The van der Waals surface area contributed by atoms with Crippen LogP contribution in [0.3, 0.4) is 0 Å². The molecule has 0 radical (unpaired) electrons. The van der Waals surface area contributed by atoms with Gasteiger partial charge >= 0.3 is 0 Å². The molecule has 0 aliphatic carbocycles. The van der Waals surface area contributed by atoms with Gasteiger partial charge in [-0.3, -0.25) is 0 Å². The summed E-state index contributed by atoms with van der Waals surface area (Å²) in [6.45, 7) is 0.261. The number of benzene rings is 11. The van der Waals surface area contributed by atoms with Crippen LogP contribution in [-0.4, -0.2) is 167 Å². The average Bonchev–Trinajstić information content (AvgIpc) is 0.773. The summed E-state index contributed by atoms with van der Waals surface area (Å²) >= 11 is 0. The Morgan fingerprint density at radius 2 is 0.423 bits per heavy atom.